The van der Waals surface area contributed by atoms with E-state index in [0.29, 0.717) is 0 Å². The van der Waals surface area contributed by atoms with Gasteiger partial charge in [-0.1, -0.05) is 6.07 Å². The molecule has 0 aliphatic carbocycles. The molecule has 0 radical (unpaired) electrons. The van der Waals surface area contributed by atoms with Gasteiger partial charge in [0, 0.05) is 31.0 Å². The van der Waals surface area contributed by atoms with Crippen LogP contribution >= 0.6 is 0 Å². The molecular weight excluding hydrogens is 198 g/mol. The average Bonchev–Trinajstić information content (AvgIpc) is 2.47. The van der Waals surface area contributed by atoms with Gasteiger partial charge in [-0.25, -0.2) is 0 Å². The van der Waals surface area contributed by atoms with E-state index in [-0.39, 0.29) is 0 Å². The molecule has 1 aliphatic rings. The minimum Gasteiger partial charge on any atom is -0.398 e. The molecule has 1 saturated heterocycles. The van der Waals surface area contributed by atoms with Crippen molar-refractivity contribution in [1.82, 2.24) is 4.90 Å². The van der Waals surface area contributed by atoms with Gasteiger partial charge in [-0.3, -0.25) is 0 Å². The smallest absolute Gasteiger partial charge is 0.0417 e. The number of nitrogens with zero attached hydrogens (tertiary/aromatic N) is 2. The van der Waals surface area contributed by atoms with Gasteiger partial charge >= 0.3 is 0 Å². The lowest BCUT2D eigenvalue weighted by Crippen LogP contribution is -2.29. The van der Waals surface area contributed by atoms with Crippen LogP contribution in [0.4, 0.5) is 11.4 Å². The molecule has 0 spiro atoms. The molecule has 0 atom stereocenters. The summed E-state index contributed by atoms with van der Waals surface area (Å²) in [6.07, 6.45) is 1.23. The lowest BCUT2D eigenvalue weighted by atomic mass is 10.1. The number of likely N-dealkylation sites (N-methyl/N-ethyl adjacent to an activating group) is 1. The molecule has 2 N–H and O–H groups in total. The third-order valence-electron chi connectivity index (χ3n) is 3.41. The first-order chi connectivity index (χ1) is 7.68. The monoisotopic (exact) mass is 219 g/mol. The maximum absolute atomic E-state index is 5.96. The van der Waals surface area contributed by atoms with Crippen molar-refractivity contribution >= 4 is 11.4 Å². The van der Waals surface area contributed by atoms with E-state index >= 15 is 0 Å². The maximum atomic E-state index is 5.96. The van der Waals surface area contributed by atoms with Crippen molar-refractivity contribution in [3.05, 3.63) is 23.8 Å². The molecule has 1 aliphatic heterocycles. The largest absolute Gasteiger partial charge is 0.398 e. The Morgan fingerprint density at radius 1 is 1.12 bits per heavy atom. The van der Waals surface area contributed by atoms with Crippen LogP contribution in [0.2, 0.25) is 0 Å². The zero-order valence-electron chi connectivity index (χ0n) is 10.2. The van der Waals surface area contributed by atoms with E-state index in [0.717, 1.165) is 25.3 Å². The quantitative estimate of drug-likeness (QED) is 0.730. The molecule has 1 aromatic carbocycles. The predicted octanol–water partition coefficient (Wildman–Crippen LogP) is 1.72. The Bertz CT molecular complexity index is 362. The predicted molar refractivity (Wildman–Crippen MR) is 69.9 cm³/mol. The van der Waals surface area contributed by atoms with E-state index in [9.17, 15) is 0 Å². The SMILES string of the molecule is Cc1c(N)cccc1N1CCCN(C)CC1. The van der Waals surface area contributed by atoms with Crippen LogP contribution < -0.4 is 10.6 Å². The standard InChI is InChI=1S/C13H21N3/c1-11-12(14)5-3-6-13(11)16-8-4-7-15(2)9-10-16/h3,5-6H,4,7-10,14H2,1-2H3. The number of nitrogens with two attached hydrogens (primary N) is 1. The number of hydrogen-bond acceptors (Lipinski definition) is 3. The first kappa shape index (κ1) is 11.3. The molecule has 1 heterocycles. The van der Waals surface area contributed by atoms with Crippen LogP contribution in [0.1, 0.15) is 12.0 Å². The fraction of sp³-hybridized carbons (Fsp3) is 0.538. The Morgan fingerprint density at radius 3 is 2.75 bits per heavy atom. The number of rotatable bonds is 1. The third-order valence-corrected chi connectivity index (χ3v) is 3.41. The van der Waals surface area contributed by atoms with Crippen LogP contribution in [-0.4, -0.2) is 38.1 Å². The van der Waals surface area contributed by atoms with Crippen molar-refractivity contribution in [2.75, 3.05) is 43.9 Å². The summed E-state index contributed by atoms with van der Waals surface area (Å²) in [6.45, 7) is 6.67. The van der Waals surface area contributed by atoms with E-state index in [1.807, 2.05) is 12.1 Å². The van der Waals surface area contributed by atoms with Crippen LogP contribution in [-0.2, 0) is 0 Å². The molecule has 0 bridgehead atoms. The van der Waals surface area contributed by atoms with E-state index in [1.165, 1.54) is 24.2 Å². The molecule has 0 amide bonds. The summed E-state index contributed by atoms with van der Waals surface area (Å²) in [5, 5.41) is 0. The molecule has 0 saturated carbocycles. The Balaban J connectivity index is 2.20. The number of nitrogen functional groups attached to an aromatic ring is 1. The molecule has 1 fully saturated rings. The maximum Gasteiger partial charge on any atom is 0.0417 e. The first-order valence-electron chi connectivity index (χ1n) is 5.97. The summed E-state index contributed by atoms with van der Waals surface area (Å²) in [7, 11) is 2.19. The molecule has 3 heteroatoms. The van der Waals surface area contributed by atoms with Crippen molar-refractivity contribution in [3.8, 4) is 0 Å². The molecule has 0 unspecified atom stereocenters. The van der Waals surface area contributed by atoms with Gasteiger partial charge in [-0.15, -0.1) is 0 Å². The van der Waals surface area contributed by atoms with E-state index in [4.69, 9.17) is 5.73 Å². The highest BCUT2D eigenvalue weighted by molar-refractivity contribution is 5.64. The summed E-state index contributed by atoms with van der Waals surface area (Å²) >= 11 is 0. The summed E-state index contributed by atoms with van der Waals surface area (Å²) in [6, 6.07) is 6.20. The minimum atomic E-state index is 0.898. The normalized spacial score (nSPS) is 18.5. The first-order valence-corrected chi connectivity index (χ1v) is 5.97. The Labute approximate surface area is 97.8 Å². The number of hydrogen-bond donors (Lipinski definition) is 1. The lowest BCUT2D eigenvalue weighted by molar-refractivity contribution is 0.360. The number of anilines is 2. The minimum absolute atomic E-state index is 0.898. The summed E-state index contributed by atoms with van der Waals surface area (Å²) in [4.78, 5) is 4.84. The highest BCUT2D eigenvalue weighted by Crippen LogP contribution is 2.25. The zero-order valence-corrected chi connectivity index (χ0v) is 10.2. The topological polar surface area (TPSA) is 32.5 Å². The molecule has 88 valence electrons. The Kier molecular flexibility index (Phi) is 3.34. The van der Waals surface area contributed by atoms with Crippen molar-refractivity contribution < 1.29 is 0 Å². The molecule has 16 heavy (non-hydrogen) atoms. The van der Waals surface area contributed by atoms with Gasteiger partial charge in [-0.2, -0.15) is 0 Å². The van der Waals surface area contributed by atoms with Gasteiger partial charge in [-0.05, 0) is 44.6 Å². The van der Waals surface area contributed by atoms with Crippen molar-refractivity contribution in [1.29, 1.82) is 0 Å². The third kappa shape index (κ3) is 2.30. The summed E-state index contributed by atoms with van der Waals surface area (Å²) in [5.74, 6) is 0. The van der Waals surface area contributed by atoms with Gasteiger partial charge in [0.15, 0.2) is 0 Å². The van der Waals surface area contributed by atoms with Gasteiger partial charge in [0.05, 0.1) is 0 Å². The molecule has 1 aromatic rings. The lowest BCUT2D eigenvalue weighted by Gasteiger charge is -2.25. The summed E-state index contributed by atoms with van der Waals surface area (Å²) in [5.41, 5.74) is 9.37. The van der Waals surface area contributed by atoms with Gasteiger partial charge in [0.2, 0.25) is 0 Å². The van der Waals surface area contributed by atoms with E-state index < -0.39 is 0 Å². The van der Waals surface area contributed by atoms with Crippen molar-refractivity contribution in [3.63, 3.8) is 0 Å². The van der Waals surface area contributed by atoms with E-state index in [2.05, 4.69) is 29.8 Å². The van der Waals surface area contributed by atoms with Crippen LogP contribution in [0, 0.1) is 6.92 Å². The van der Waals surface area contributed by atoms with Crippen LogP contribution in [0.5, 0.6) is 0 Å². The average molecular weight is 219 g/mol. The Morgan fingerprint density at radius 2 is 1.94 bits per heavy atom. The number of benzene rings is 1. The van der Waals surface area contributed by atoms with Gasteiger partial charge in [0.25, 0.3) is 0 Å². The summed E-state index contributed by atoms with van der Waals surface area (Å²) < 4.78 is 0. The second-order valence-electron chi connectivity index (χ2n) is 4.64. The fourth-order valence-corrected chi connectivity index (χ4v) is 2.27. The van der Waals surface area contributed by atoms with E-state index in [1.54, 1.807) is 0 Å². The Hall–Kier alpha value is -1.22. The second kappa shape index (κ2) is 4.74. The molecule has 3 nitrogen and oxygen atoms in total. The molecule has 2 rings (SSSR count). The molecular formula is C13H21N3. The molecule has 0 aromatic heterocycles. The highest BCUT2D eigenvalue weighted by atomic mass is 15.2. The van der Waals surface area contributed by atoms with Crippen LogP contribution in [0.15, 0.2) is 18.2 Å². The van der Waals surface area contributed by atoms with Crippen LogP contribution in [0.25, 0.3) is 0 Å². The second-order valence-corrected chi connectivity index (χ2v) is 4.64. The fourth-order valence-electron chi connectivity index (χ4n) is 2.27. The van der Waals surface area contributed by atoms with Gasteiger partial charge < -0.3 is 15.5 Å². The van der Waals surface area contributed by atoms with Crippen molar-refractivity contribution in [2.24, 2.45) is 0 Å². The zero-order chi connectivity index (χ0) is 11.5. The van der Waals surface area contributed by atoms with Gasteiger partial charge in [0.1, 0.15) is 0 Å². The van der Waals surface area contributed by atoms with Crippen LogP contribution in [0.3, 0.4) is 0 Å². The highest BCUT2D eigenvalue weighted by Gasteiger charge is 2.14. The van der Waals surface area contributed by atoms with Crippen molar-refractivity contribution in [2.45, 2.75) is 13.3 Å².